The van der Waals surface area contributed by atoms with Gasteiger partial charge in [0.1, 0.15) is 0 Å². The molecule has 41 heavy (non-hydrogen) atoms. The molecule has 0 aliphatic carbocycles. The van der Waals surface area contributed by atoms with Crippen LogP contribution in [0.3, 0.4) is 0 Å². The number of aryl methyl sites for hydroxylation is 3. The predicted molar refractivity (Wildman–Crippen MR) is 162 cm³/mol. The topological polar surface area (TPSA) is 51.8 Å². The number of aromatic nitrogens is 3. The minimum Gasteiger partial charge on any atom is -0.486 e. The van der Waals surface area contributed by atoms with E-state index in [1.807, 2.05) is 66.7 Å². The maximum Gasteiger partial charge on any atom is 0.216 e. The smallest absolute Gasteiger partial charge is 0.216 e. The van der Waals surface area contributed by atoms with Gasteiger partial charge >= 0.3 is 0 Å². The molecule has 0 aliphatic heterocycles. The quantitative estimate of drug-likeness (QED) is 0.172. The van der Waals surface area contributed by atoms with Crippen LogP contribution in [-0.4, -0.2) is 15.0 Å². The van der Waals surface area contributed by atoms with Gasteiger partial charge in [0.2, 0.25) is 5.71 Å². The molecule has 0 fully saturated rings. The van der Waals surface area contributed by atoms with E-state index >= 15 is 0 Å². The monoisotopic (exact) mass is 713 g/mol. The van der Waals surface area contributed by atoms with Gasteiger partial charge in [0.15, 0.2) is 0 Å². The van der Waals surface area contributed by atoms with E-state index in [0.717, 1.165) is 44.4 Å². The Morgan fingerprint density at radius 1 is 0.707 bits per heavy atom. The van der Waals surface area contributed by atoms with Crippen LogP contribution in [-0.2, 0) is 20.1 Å². The van der Waals surface area contributed by atoms with Gasteiger partial charge in [0.05, 0.1) is 11.3 Å². The molecule has 0 unspecified atom stereocenters. The molecule has 7 aromatic rings. The van der Waals surface area contributed by atoms with Crippen molar-refractivity contribution in [1.82, 2.24) is 15.0 Å². The second kappa shape index (κ2) is 12.4. The first-order valence-corrected chi connectivity index (χ1v) is 12.9. The Bertz CT molecular complexity index is 1980. The van der Waals surface area contributed by atoms with Gasteiger partial charge in [-0.25, -0.2) is 4.98 Å². The molecule has 203 valence electrons. The molecule has 0 N–H and O–H groups in total. The number of fused-ring (bicyclic) bond motifs is 3. The van der Waals surface area contributed by atoms with Crippen LogP contribution >= 0.6 is 0 Å². The third-order valence-electron chi connectivity index (χ3n) is 6.70. The third-order valence-corrected chi connectivity index (χ3v) is 6.70. The molecule has 4 nitrogen and oxygen atoms in total. The molecule has 0 bridgehead atoms. The van der Waals surface area contributed by atoms with Crippen molar-refractivity contribution in [2.75, 3.05) is 0 Å². The van der Waals surface area contributed by atoms with Crippen LogP contribution in [0.5, 0.6) is 0 Å². The van der Waals surface area contributed by atoms with Crippen LogP contribution in [0.2, 0.25) is 0 Å². The molecule has 0 spiro atoms. The number of pyridine rings is 3. The van der Waals surface area contributed by atoms with Crippen molar-refractivity contribution < 1.29 is 28.6 Å². The van der Waals surface area contributed by atoms with Gasteiger partial charge in [0, 0.05) is 47.6 Å². The van der Waals surface area contributed by atoms with Gasteiger partial charge in [-0.3, -0.25) is 0 Å². The summed E-state index contributed by atoms with van der Waals surface area (Å²) in [6.45, 7) is 1.94. The maximum atomic E-state index is 7.68. The molecule has 0 aliphatic rings. The number of nitrogens with zero attached hydrogens (tertiary/aromatic N) is 3. The molecule has 0 saturated heterocycles. The molecule has 4 aromatic heterocycles. The Morgan fingerprint density at radius 3 is 2.29 bits per heavy atom. The summed E-state index contributed by atoms with van der Waals surface area (Å²) in [4.78, 5) is 13.4. The first kappa shape index (κ1) is 24.4. The minimum absolute atomic E-state index is 0. The Kier molecular flexibility index (Phi) is 7.36. The maximum absolute atomic E-state index is 7.68. The van der Waals surface area contributed by atoms with Crippen molar-refractivity contribution in [1.29, 1.82) is 0 Å². The number of hydrogen-bond donors (Lipinski definition) is 0. The summed E-state index contributed by atoms with van der Waals surface area (Å²) in [7, 11) is 0. The zero-order chi connectivity index (χ0) is 30.0. The fourth-order valence-electron chi connectivity index (χ4n) is 4.81. The average Bonchev–Trinajstić information content (AvgIpc) is 3.40. The minimum atomic E-state index is -2.21. The van der Waals surface area contributed by atoms with E-state index in [1.54, 1.807) is 18.3 Å². The zero-order valence-corrected chi connectivity index (χ0v) is 24.9. The molecule has 4 heterocycles. The van der Waals surface area contributed by atoms with Gasteiger partial charge in [-0.1, -0.05) is 52.9 Å². The van der Waals surface area contributed by atoms with Gasteiger partial charge in [-0.05, 0) is 67.5 Å². The summed E-state index contributed by atoms with van der Waals surface area (Å²) in [5, 5.41) is 1.79. The van der Waals surface area contributed by atoms with E-state index in [4.69, 9.17) is 13.5 Å². The SMILES string of the molecule is [2H]C([2H])([2H])c1ccnc(-c2[c-]ccc3c2oc2nc(-c4c(C)cccc4C)ccc23)c1.[Ir].[c-]1ccccc1-c1ccccn1. The van der Waals surface area contributed by atoms with Crippen LogP contribution in [0.25, 0.3) is 55.8 Å². The molecular weight excluding hydrogens is 683 g/mol. The van der Waals surface area contributed by atoms with Crippen LogP contribution in [0.15, 0.2) is 114 Å². The molecule has 3 aromatic carbocycles. The van der Waals surface area contributed by atoms with Crippen LogP contribution in [0.4, 0.5) is 0 Å². The van der Waals surface area contributed by atoms with Gasteiger partial charge in [0.25, 0.3) is 0 Å². The number of rotatable bonds is 3. The van der Waals surface area contributed by atoms with E-state index in [2.05, 4.69) is 48.1 Å². The van der Waals surface area contributed by atoms with Gasteiger partial charge in [-0.15, -0.1) is 54.1 Å². The van der Waals surface area contributed by atoms with E-state index in [1.165, 1.54) is 12.3 Å². The Balaban J connectivity index is 0.000000248. The van der Waals surface area contributed by atoms with E-state index in [9.17, 15) is 0 Å². The van der Waals surface area contributed by atoms with Gasteiger partial charge in [-0.2, -0.15) is 0 Å². The largest absolute Gasteiger partial charge is 0.486 e. The molecule has 0 atom stereocenters. The van der Waals surface area contributed by atoms with Crippen molar-refractivity contribution in [3.8, 4) is 33.8 Å². The first-order chi connectivity index (χ1) is 20.8. The average molecular weight is 713 g/mol. The van der Waals surface area contributed by atoms with Crippen molar-refractivity contribution in [3.05, 3.63) is 138 Å². The second-order valence-electron chi connectivity index (χ2n) is 9.43. The van der Waals surface area contributed by atoms with Crippen molar-refractivity contribution in [2.24, 2.45) is 0 Å². The van der Waals surface area contributed by atoms with Crippen molar-refractivity contribution >= 4 is 22.1 Å². The van der Waals surface area contributed by atoms with Gasteiger partial charge < -0.3 is 14.4 Å². The molecule has 1 radical (unpaired) electrons. The van der Waals surface area contributed by atoms with E-state index in [-0.39, 0.29) is 25.7 Å². The molecule has 0 amide bonds. The first-order valence-electron chi connectivity index (χ1n) is 14.4. The van der Waals surface area contributed by atoms with Crippen LogP contribution in [0.1, 0.15) is 20.8 Å². The second-order valence-corrected chi connectivity index (χ2v) is 9.43. The fraction of sp³-hybridized carbons (Fsp3) is 0.0833. The van der Waals surface area contributed by atoms with E-state index < -0.39 is 6.85 Å². The number of benzene rings is 3. The van der Waals surface area contributed by atoms with E-state index in [0.29, 0.717) is 22.6 Å². The molecule has 5 heteroatoms. The summed E-state index contributed by atoms with van der Waals surface area (Å²) in [5.74, 6) is 0. The number of furan rings is 1. The standard InChI is InChI=1S/C25H19N2O.C11H8N.Ir/c1-15-12-13-26-22(14-15)20-9-5-8-18-19-10-11-21(27-25(19)28-24(18)20)23-16(2)6-4-7-17(23)3;1-2-6-10(7-3-1)11-8-4-5-9-12-11;/h4-8,10-14H,1-3H3;1-6,8-9H;/q2*-1;/i1D3;;. The van der Waals surface area contributed by atoms with Crippen molar-refractivity contribution in [3.63, 3.8) is 0 Å². The Morgan fingerprint density at radius 2 is 1.54 bits per heavy atom. The fourth-order valence-corrected chi connectivity index (χ4v) is 4.81. The summed E-state index contributed by atoms with van der Waals surface area (Å²) in [5.41, 5.74) is 8.76. The predicted octanol–water partition coefficient (Wildman–Crippen LogP) is 8.98. The summed E-state index contributed by atoms with van der Waals surface area (Å²) < 4.78 is 29.2. The molecular formula is C36H27IrN3O-2. The van der Waals surface area contributed by atoms with Crippen LogP contribution < -0.4 is 0 Å². The number of hydrogen-bond acceptors (Lipinski definition) is 4. The van der Waals surface area contributed by atoms with Crippen LogP contribution in [0, 0.1) is 32.8 Å². The molecule has 0 saturated carbocycles. The van der Waals surface area contributed by atoms with Crippen molar-refractivity contribution in [2.45, 2.75) is 20.7 Å². The third kappa shape index (κ3) is 5.88. The summed E-state index contributed by atoms with van der Waals surface area (Å²) >= 11 is 0. The molecule has 7 rings (SSSR count). The Hall–Kier alpha value is -4.44. The normalized spacial score (nSPS) is 12.0. The Labute approximate surface area is 257 Å². The summed E-state index contributed by atoms with van der Waals surface area (Å²) in [6.07, 6.45) is 3.29. The summed E-state index contributed by atoms with van der Waals surface area (Å²) in [6, 6.07) is 37.0. The zero-order valence-electron chi connectivity index (χ0n) is 25.5.